The van der Waals surface area contributed by atoms with Crippen LogP contribution in [-0.2, 0) is 28.3 Å². The summed E-state index contributed by atoms with van der Waals surface area (Å²) < 4.78 is 15.3. The van der Waals surface area contributed by atoms with Crippen LogP contribution in [0.5, 0.6) is 0 Å². The van der Waals surface area contributed by atoms with Crippen molar-refractivity contribution < 1.29 is 28.3 Å². The Kier molecular flexibility index (Phi) is 5.46. The first-order chi connectivity index (χ1) is 9.60. The molecule has 0 N–H and O–H groups in total. The average molecular weight is 314 g/mol. The molecule has 0 unspecified atom stereocenters. The van der Waals surface area contributed by atoms with Crippen molar-refractivity contribution >= 4 is 26.2 Å². The molecular formula is C14H22O6Si. The highest BCUT2D eigenvalue weighted by Gasteiger charge is 2.40. The van der Waals surface area contributed by atoms with Crippen LogP contribution in [-0.4, -0.2) is 39.4 Å². The molecule has 0 spiro atoms. The van der Waals surface area contributed by atoms with Crippen LogP contribution in [0.15, 0.2) is 11.1 Å². The molecule has 6 nitrogen and oxygen atoms in total. The molecule has 0 saturated carbocycles. The predicted molar refractivity (Wildman–Crippen MR) is 77.9 cm³/mol. The first kappa shape index (κ1) is 17.6. The van der Waals surface area contributed by atoms with Crippen LogP contribution in [0, 0.1) is 0 Å². The van der Waals surface area contributed by atoms with E-state index >= 15 is 0 Å². The van der Waals surface area contributed by atoms with Crippen LogP contribution in [0.4, 0.5) is 0 Å². The lowest BCUT2D eigenvalue weighted by Gasteiger charge is -2.32. The zero-order valence-electron chi connectivity index (χ0n) is 13.3. The van der Waals surface area contributed by atoms with Gasteiger partial charge in [-0.3, -0.25) is 4.79 Å². The maximum atomic E-state index is 11.8. The van der Waals surface area contributed by atoms with Gasteiger partial charge in [0.2, 0.25) is 0 Å². The van der Waals surface area contributed by atoms with E-state index < -0.39 is 32.3 Å². The van der Waals surface area contributed by atoms with Gasteiger partial charge in [0, 0.05) is 5.57 Å². The predicted octanol–water partition coefficient (Wildman–Crippen LogP) is 1.95. The number of esters is 3. The molecule has 7 heteroatoms. The summed E-state index contributed by atoms with van der Waals surface area (Å²) in [5, 5.41) is 0. The second-order valence-electron chi connectivity index (χ2n) is 5.86. The summed E-state index contributed by atoms with van der Waals surface area (Å²) in [4.78, 5) is 34.9. The molecule has 1 aliphatic heterocycles. The van der Waals surface area contributed by atoms with E-state index in [1.54, 1.807) is 0 Å². The van der Waals surface area contributed by atoms with Crippen molar-refractivity contribution in [1.29, 1.82) is 0 Å². The molecule has 0 aromatic carbocycles. The van der Waals surface area contributed by atoms with Crippen LogP contribution in [0.25, 0.3) is 0 Å². The molecule has 0 radical (unpaired) electrons. The molecule has 0 saturated heterocycles. The van der Waals surface area contributed by atoms with E-state index in [0.717, 1.165) is 0 Å². The zero-order chi connectivity index (χ0) is 16.4. The van der Waals surface area contributed by atoms with Gasteiger partial charge in [0.25, 0.3) is 0 Å². The third-order valence-corrected chi connectivity index (χ3v) is 7.53. The molecule has 1 rings (SSSR count). The third-order valence-electron chi connectivity index (χ3n) is 3.85. The highest BCUT2D eigenvalue weighted by atomic mass is 28.4. The molecule has 1 heterocycles. The molecule has 0 amide bonds. The lowest BCUT2D eigenvalue weighted by molar-refractivity contribution is -0.151. The van der Waals surface area contributed by atoms with Crippen molar-refractivity contribution in [2.75, 3.05) is 7.11 Å². The number of cyclic esters (lactones) is 2. The van der Waals surface area contributed by atoms with E-state index in [2.05, 4.69) is 9.47 Å². The van der Waals surface area contributed by atoms with Crippen LogP contribution >= 0.6 is 0 Å². The Morgan fingerprint density at radius 2 is 1.81 bits per heavy atom. The van der Waals surface area contributed by atoms with E-state index in [-0.39, 0.29) is 23.1 Å². The highest BCUT2D eigenvalue weighted by molar-refractivity contribution is 6.72. The lowest BCUT2D eigenvalue weighted by atomic mass is 10.0. The van der Waals surface area contributed by atoms with Crippen LogP contribution < -0.4 is 0 Å². The molecule has 0 aromatic heterocycles. The fourth-order valence-electron chi connectivity index (χ4n) is 1.79. The van der Waals surface area contributed by atoms with Gasteiger partial charge in [0.15, 0.2) is 8.32 Å². The highest BCUT2D eigenvalue weighted by Crippen LogP contribution is 2.30. The van der Waals surface area contributed by atoms with E-state index in [4.69, 9.17) is 4.43 Å². The average Bonchev–Trinajstić information content (AvgIpc) is 2.61. The minimum absolute atomic E-state index is 0.116. The Labute approximate surface area is 125 Å². The topological polar surface area (TPSA) is 78.9 Å². The second kappa shape index (κ2) is 6.53. The van der Waals surface area contributed by atoms with Crippen molar-refractivity contribution in [3.8, 4) is 0 Å². The number of methoxy groups -OCH3 is 1. The fourth-order valence-corrected chi connectivity index (χ4v) is 3.00. The summed E-state index contributed by atoms with van der Waals surface area (Å²) >= 11 is 0. The Bertz CT molecular complexity index is 492. The first-order valence-corrected chi connectivity index (χ1v) is 9.80. The SMILES string of the molecule is COC(=O)C[C@@H](O[Si](C)(C)C(C)C)C1=C(C)C(=O)OC1=O. The number of carbonyl (C=O) groups is 3. The smallest absolute Gasteiger partial charge is 0.345 e. The van der Waals surface area contributed by atoms with Gasteiger partial charge in [-0.05, 0) is 25.6 Å². The molecule has 0 fully saturated rings. The number of rotatable bonds is 6. The summed E-state index contributed by atoms with van der Waals surface area (Å²) in [6.45, 7) is 9.56. The number of hydrogen-bond donors (Lipinski definition) is 0. The summed E-state index contributed by atoms with van der Waals surface area (Å²) in [5.41, 5.74) is 0.612. The van der Waals surface area contributed by atoms with Crippen molar-refractivity contribution in [2.24, 2.45) is 0 Å². The number of hydrogen-bond acceptors (Lipinski definition) is 6. The largest absolute Gasteiger partial charge is 0.469 e. The monoisotopic (exact) mass is 314 g/mol. The van der Waals surface area contributed by atoms with Crippen LogP contribution in [0.2, 0.25) is 18.6 Å². The van der Waals surface area contributed by atoms with Crippen LogP contribution in [0.3, 0.4) is 0 Å². The fraction of sp³-hybridized carbons (Fsp3) is 0.643. The standard InChI is InChI=1S/C14H22O6Si/c1-8(2)21(5,6)20-10(7-11(15)18-4)12-9(3)13(16)19-14(12)17/h8,10H,7H2,1-6H3/t10-/m1/s1. The Hall–Kier alpha value is -1.47. The molecule has 1 atom stereocenters. The molecule has 118 valence electrons. The number of ether oxygens (including phenoxy) is 2. The minimum Gasteiger partial charge on any atom is -0.469 e. The second-order valence-corrected chi connectivity index (χ2v) is 10.5. The van der Waals surface area contributed by atoms with Gasteiger partial charge in [-0.2, -0.15) is 0 Å². The Balaban J connectivity index is 3.12. The van der Waals surface area contributed by atoms with E-state index in [1.165, 1.54) is 14.0 Å². The quantitative estimate of drug-likeness (QED) is 0.423. The lowest BCUT2D eigenvalue weighted by Crippen LogP contribution is -2.41. The number of carbonyl (C=O) groups excluding carboxylic acids is 3. The summed E-state index contributed by atoms with van der Waals surface area (Å²) in [6, 6.07) is 0. The van der Waals surface area contributed by atoms with E-state index in [9.17, 15) is 14.4 Å². The van der Waals surface area contributed by atoms with E-state index in [0.29, 0.717) is 0 Å². The Morgan fingerprint density at radius 1 is 1.24 bits per heavy atom. The molecule has 21 heavy (non-hydrogen) atoms. The van der Waals surface area contributed by atoms with Gasteiger partial charge < -0.3 is 13.9 Å². The first-order valence-electron chi connectivity index (χ1n) is 6.82. The van der Waals surface area contributed by atoms with Gasteiger partial charge in [0.05, 0.1) is 25.2 Å². The van der Waals surface area contributed by atoms with Crippen molar-refractivity contribution in [2.45, 2.75) is 51.9 Å². The third kappa shape index (κ3) is 4.01. The molecule has 0 aliphatic carbocycles. The summed E-state index contributed by atoms with van der Waals surface area (Å²) in [6.07, 6.45) is -0.921. The van der Waals surface area contributed by atoms with Crippen molar-refractivity contribution in [3.05, 3.63) is 11.1 Å². The Morgan fingerprint density at radius 3 is 2.19 bits per heavy atom. The maximum Gasteiger partial charge on any atom is 0.345 e. The zero-order valence-corrected chi connectivity index (χ0v) is 14.3. The molecule has 0 aromatic rings. The maximum absolute atomic E-state index is 11.8. The summed E-state index contributed by atoms with van der Waals surface area (Å²) in [7, 11) is -0.865. The normalized spacial score (nSPS) is 17.3. The van der Waals surface area contributed by atoms with E-state index in [1.807, 2.05) is 26.9 Å². The van der Waals surface area contributed by atoms with Gasteiger partial charge in [-0.15, -0.1) is 0 Å². The minimum atomic E-state index is -2.13. The molecule has 1 aliphatic rings. The summed E-state index contributed by atoms with van der Waals surface area (Å²) in [5.74, 6) is -1.92. The van der Waals surface area contributed by atoms with Gasteiger partial charge in [0.1, 0.15) is 0 Å². The van der Waals surface area contributed by atoms with Crippen molar-refractivity contribution in [3.63, 3.8) is 0 Å². The van der Waals surface area contributed by atoms with Gasteiger partial charge in [-0.1, -0.05) is 13.8 Å². The van der Waals surface area contributed by atoms with Gasteiger partial charge >= 0.3 is 17.9 Å². The molecule has 0 bridgehead atoms. The van der Waals surface area contributed by atoms with Crippen molar-refractivity contribution in [1.82, 2.24) is 0 Å². The van der Waals surface area contributed by atoms with Gasteiger partial charge in [-0.25, -0.2) is 9.59 Å². The van der Waals surface area contributed by atoms with Crippen LogP contribution in [0.1, 0.15) is 27.2 Å². The molecular weight excluding hydrogens is 292 g/mol.